The first-order chi connectivity index (χ1) is 15.0. The number of carbonyl (C=O) groups is 1. The van der Waals surface area contributed by atoms with Crippen molar-refractivity contribution in [1.82, 2.24) is 9.55 Å². The number of alkyl halides is 3. The number of nitrogens with one attached hydrogen (secondary N) is 1. The molecule has 0 radical (unpaired) electrons. The average molecular weight is 468 g/mol. The number of aryl methyl sites for hydroxylation is 2. The normalized spacial score (nSPS) is 12.6. The minimum atomic E-state index is -4.97. The third-order valence-electron chi connectivity index (χ3n) is 5.19. The van der Waals surface area contributed by atoms with Gasteiger partial charge in [-0.15, -0.1) is 0 Å². The van der Waals surface area contributed by atoms with Crippen LogP contribution in [0.1, 0.15) is 36.2 Å². The second-order valence-corrected chi connectivity index (χ2v) is 7.73. The van der Waals surface area contributed by atoms with Crippen LogP contribution >= 0.6 is 11.6 Å². The van der Waals surface area contributed by atoms with Crippen molar-refractivity contribution < 1.29 is 22.7 Å². The van der Waals surface area contributed by atoms with Crippen molar-refractivity contribution >= 4 is 34.2 Å². The second-order valence-electron chi connectivity index (χ2n) is 7.32. The maximum absolute atomic E-state index is 13.6. The quantitative estimate of drug-likeness (QED) is 0.553. The fraction of sp³-hybridized carbons (Fsp3) is 0.318. The van der Waals surface area contributed by atoms with Crippen LogP contribution < -0.4 is 15.6 Å². The Morgan fingerprint density at radius 3 is 2.44 bits per heavy atom. The van der Waals surface area contributed by atoms with Crippen LogP contribution in [0.3, 0.4) is 0 Å². The van der Waals surface area contributed by atoms with Crippen molar-refractivity contribution in [3.05, 3.63) is 62.5 Å². The molecule has 1 atom stereocenters. The van der Waals surface area contributed by atoms with Gasteiger partial charge < -0.3 is 10.1 Å². The van der Waals surface area contributed by atoms with Crippen LogP contribution in [0.2, 0.25) is 5.02 Å². The number of aromatic nitrogens is 2. The largest absolute Gasteiger partial charge is 0.495 e. The lowest BCUT2D eigenvalue weighted by Crippen LogP contribution is -2.37. The Labute approximate surface area is 187 Å². The summed E-state index contributed by atoms with van der Waals surface area (Å²) in [5.74, 6) is -0.261. The van der Waals surface area contributed by atoms with Gasteiger partial charge in [-0.05, 0) is 61.7 Å². The Morgan fingerprint density at radius 1 is 1.22 bits per heavy atom. The monoisotopic (exact) mass is 467 g/mol. The van der Waals surface area contributed by atoms with E-state index < -0.39 is 29.4 Å². The fourth-order valence-electron chi connectivity index (χ4n) is 3.41. The van der Waals surface area contributed by atoms with E-state index in [1.807, 2.05) is 0 Å². The van der Waals surface area contributed by atoms with E-state index in [0.717, 1.165) is 10.1 Å². The topological polar surface area (TPSA) is 73.2 Å². The van der Waals surface area contributed by atoms with Gasteiger partial charge in [0.1, 0.15) is 11.8 Å². The SMILES string of the molecule is CC[C@@H](C(=O)Nc1ccc(OC)c(Cl)c1)n1c(=O)c(C(F)(F)F)nc2cc(C)c(C)cc21. The summed E-state index contributed by atoms with van der Waals surface area (Å²) in [4.78, 5) is 29.5. The Morgan fingerprint density at radius 2 is 1.88 bits per heavy atom. The molecule has 6 nitrogen and oxygen atoms in total. The van der Waals surface area contributed by atoms with Gasteiger partial charge in [-0.1, -0.05) is 18.5 Å². The molecule has 0 aliphatic heterocycles. The molecule has 170 valence electrons. The van der Waals surface area contributed by atoms with Crippen LogP contribution in [0.5, 0.6) is 5.75 Å². The van der Waals surface area contributed by atoms with E-state index in [9.17, 15) is 22.8 Å². The molecule has 0 saturated carbocycles. The van der Waals surface area contributed by atoms with Gasteiger partial charge in [0.15, 0.2) is 0 Å². The lowest BCUT2D eigenvalue weighted by Gasteiger charge is -2.22. The molecule has 0 unspecified atom stereocenters. The summed E-state index contributed by atoms with van der Waals surface area (Å²) < 4.78 is 46.6. The van der Waals surface area contributed by atoms with E-state index in [1.54, 1.807) is 32.9 Å². The van der Waals surface area contributed by atoms with E-state index in [1.165, 1.54) is 25.3 Å². The van der Waals surface area contributed by atoms with E-state index in [4.69, 9.17) is 16.3 Å². The van der Waals surface area contributed by atoms with Crippen molar-refractivity contribution in [2.75, 3.05) is 12.4 Å². The Kier molecular flexibility index (Phi) is 6.50. The first kappa shape index (κ1) is 23.6. The first-order valence-electron chi connectivity index (χ1n) is 9.73. The molecule has 1 N–H and O–H groups in total. The fourth-order valence-corrected chi connectivity index (χ4v) is 3.67. The molecule has 1 amide bonds. The summed E-state index contributed by atoms with van der Waals surface area (Å²) >= 11 is 6.09. The molecule has 0 aliphatic carbocycles. The van der Waals surface area contributed by atoms with Crippen LogP contribution in [0.15, 0.2) is 35.1 Å². The first-order valence-corrected chi connectivity index (χ1v) is 10.1. The van der Waals surface area contributed by atoms with Crippen molar-refractivity contribution in [1.29, 1.82) is 0 Å². The molecule has 0 spiro atoms. The smallest absolute Gasteiger partial charge is 0.438 e. The van der Waals surface area contributed by atoms with Gasteiger partial charge in [-0.25, -0.2) is 4.98 Å². The molecule has 1 aromatic heterocycles. The standard InChI is InChI=1S/C22H21ClF3N3O3/c1-5-16(20(30)27-13-6-7-18(32-4)14(23)10-13)29-17-9-12(3)11(2)8-15(17)28-19(21(29)31)22(24,25)26/h6-10,16H,5H2,1-4H3,(H,27,30)/t16-/m0/s1. The van der Waals surface area contributed by atoms with Crippen molar-refractivity contribution in [3.8, 4) is 5.75 Å². The summed E-state index contributed by atoms with van der Waals surface area (Å²) in [6, 6.07) is 6.37. The molecular weight excluding hydrogens is 447 g/mol. The molecule has 0 fully saturated rings. The zero-order valence-corrected chi connectivity index (χ0v) is 18.6. The zero-order chi connectivity index (χ0) is 23.8. The minimum absolute atomic E-state index is 0.0150. The number of benzene rings is 2. The Balaban J connectivity index is 2.17. The number of carbonyl (C=O) groups excluding carboxylic acids is 1. The molecule has 3 rings (SSSR count). The second kappa shape index (κ2) is 8.82. The Hall–Kier alpha value is -3.07. The highest BCUT2D eigenvalue weighted by Crippen LogP contribution is 2.30. The number of fused-ring (bicyclic) bond motifs is 1. The number of anilines is 1. The van der Waals surface area contributed by atoms with Crippen LogP contribution in [-0.4, -0.2) is 22.6 Å². The van der Waals surface area contributed by atoms with Crippen molar-refractivity contribution in [2.24, 2.45) is 0 Å². The van der Waals surface area contributed by atoms with Gasteiger partial charge >= 0.3 is 6.18 Å². The maximum Gasteiger partial charge on any atom is 0.438 e. The third kappa shape index (κ3) is 4.43. The summed E-state index contributed by atoms with van der Waals surface area (Å²) in [7, 11) is 1.44. The molecule has 0 saturated heterocycles. The van der Waals surface area contributed by atoms with Crippen molar-refractivity contribution in [3.63, 3.8) is 0 Å². The molecular formula is C22H21ClF3N3O3. The highest BCUT2D eigenvalue weighted by Gasteiger charge is 2.38. The summed E-state index contributed by atoms with van der Waals surface area (Å²) in [5, 5.41) is 2.87. The predicted molar refractivity (Wildman–Crippen MR) is 116 cm³/mol. The van der Waals surface area contributed by atoms with Gasteiger partial charge in [0.25, 0.3) is 5.56 Å². The number of methoxy groups -OCH3 is 1. The molecule has 3 aromatic rings. The van der Waals surface area contributed by atoms with Crippen LogP contribution in [0, 0.1) is 13.8 Å². The van der Waals surface area contributed by atoms with Crippen LogP contribution in [0.25, 0.3) is 11.0 Å². The van der Waals surface area contributed by atoms with Gasteiger partial charge in [-0.2, -0.15) is 13.2 Å². The number of ether oxygens (including phenoxy) is 1. The number of amides is 1. The van der Waals surface area contributed by atoms with Gasteiger partial charge in [0.05, 0.1) is 23.2 Å². The Bertz CT molecular complexity index is 1260. The van der Waals surface area contributed by atoms with E-state index in [0.29, 0.717) is 17.0 Å². The molecule has 0 aliphatic rings. The lowest BCUT2D eigenvalue weighted by atomic mass is 10.1. The minimum Gasteiger partial charge on any atom is -0.495 e. The van der Waals surface area contributed by atoms with Gasteiger partial charge in [0, 0.05) is 5.69 Å². The predicted octanol–water partition coefficient (Wildman–Crippen LogP) is 5.28. The molecule has 2 aromatic carbocycles. The number of halogens is 4. The van der Waals surface area contributed by atoms with Crippen LogP contribution in [-0.2, 0) is 11.0 Å². The average Bonchev–Trinajstić information content (AvgIpc) is 2.70. The van der Waals surface area contributed by atoms with Crippen LogP contribution in [0.4, 0.5) is 18.9 Å². The number of rotatable bonds is 5. The molecule has 1 heterocycles. The zero-order valence-electron chi connectivity index (χ0n) is 17.8. The van der Waals surface area contributed by atoms with E-state index in [-0.39, 0.29) is 22.5 Å². The number of hydrogen-bond acceptors (Lipinski definition) is 4. The molecule has 0 bridgehead atoms. The van der Waals surface area contributed by atoms with Gasteiger partial charge in [0.2, 0.25) is 11.6 Å². The number of hydrogen-bond donors (Lipinski definition) is 1. The van der Waals surface area contributed by atoms with Crippen molar-refractivity contribution in [2.45, 2.75) is 39.4 Å². The lowest BCUT2D eigenvalue weighted by molar-refractivity contribution is -0.142. The van der Waals surface area contributed by atoms with E-state index in [2.05, 4.69) is 10.3 Å². The highest BCUT2D eigenvalue weighted by molar-refractivity contribution is 6.32. The van der Waals surface area contributed by atoms with E-state index >= 15 is 0 Å². The summed E-state index contributed by atoms with van der Waals surface area (Å²) in [6.07, 6.45) is -4.90. The van der Waals surface area contributed by atoms with Gasteiger partial charge in [-0.3, -0.25) is 14.2 Å². The molecule has 32 heavy (non-hydrogen) atoms. The molecule has 10 heteroatoms. The maximum atomic E-state index is 13.6. The summed E-state index contributed by atoms with van der Waals surface area (Å²) in [5.41, 5.74) is -1.01. The third-order valence-corrected chi connectivity index (χ3v) is 5.49. The summed E-state index contributed by atoms with van der Waals surface area (Å²) in [6.45, 7) is 5.11. The highest BCUT2D eigenvalue weighted by atomic mass is 35.5. The number of nitrogens with zero attached hydrogens (tertiary/aromatic N) is 2.